The molecule has 0 aliphatic carbocycles. The first-order chi connectivity index (χ1) is 6.30. The van der Waals surface area contributed by atoms with Gasteiger partial charge in [-0.3, -0.25) is 0 Å². The van der Waals surface area contributed by atoms with Crippen molar-refractivity contribution in [3.63, 3.8) is 0 Å². The van der Waals surface area contributed by atoms with Crippen LogP contribution in [0.3, 0.4) is 0 Å². The average Bonchev–Trinajstić information content (AvgIpc) is 2.68. The summed E-state index contributed by atoms with van der Waals surface area (Å²) in [5, 5.41) is 0. The van der Waals surface area contributed by atoms with Gasteiger partial charge in [0.2, 0.25) is 0 Å². The molecule has 0 atom stereocenters. The number of anilines is 1. The fraction of sp³-hybridized carbons (Fsp3) is 0.100. The number of H-pyrrole nitrogens is 1. The maximum Gasteiger partial charge on any atom is 0.0919 e. The molecular weight excluding hydrogens is 162 g/mol. The number of aromatic nitrogens is 2. The molecule has 13 heavy (non-hydrogen) atoms. The van der Waals surface area contributed by atoms with E-state index in [-0.39, 0.29) is 0 Å². The largest absolute Gasteiger partial charge is 0.399 e. The Morgan fingerprint density at radius 2 is 2.08 bits per heavy atom. The van der Waals surface area contributed by atoms with Crippen molar-refractivity contribution >= 4 is 5.69 Å². The molecule has 0 unspecified atom stereocenters. The molecule has 2 aromatic rings. The maximum absolute atomic E-state index is 5.52. The molecule has 0 saturated heterocycles. The highest BCUT2D eigenvalue weighted by Gasteiger charge is 1.84. The second kappa shape index (κ2) is 4.98. The summed E-state index contributed by atoms with van der Waals surface area (Å²) >= 11 is 0. The van der Waals surface area contributed by atoms with Crippen LogP contribution in [0.15, 0.2) is 43.0 Å². The monoisotopic (exact) mass is 175 g/mol. The van der Waals surface area contributed by atoms with Crippen molar-refractivity contribution in [3.8, 4) is 0 Å². The first kappa shape index (κ1) is 9.32. The number of para-hydroxylation sites is 1. The summed E-state index contributed by atoms with van der Waals surface area (Å²) in [5.41, 5.74) is 7.53. The normalized spacial score (nSPS) is 8.69. The zero-order valence-electron chi connectivity index (χ0n) is 7.57. The Hall–Kier alpha value is -1.77. The van der Waals surface area contributed by atoms with Gasteiger partial charge < -0.3 is 10.7 Å². The molecule has 1 aromatic heterocycles. The molecule has 2 rings (SSSR count). The Kier molecular flexibility index (Phi) is 3.57. The minimum absolute atomic E-state index is 0.868. The van der Waals surface area contributed by atoms with Crippen molar-refractivity contribution in [2.75, 3.05) is 5.73 Å². The molecule has 3 heteroatoms. The summed E-state index contributed by atoms with van der Waals surface area (Å²) in [4.78, 5) is 6.42. The van der Waals surface area contributed by atoms with Crippen molar-refractivity contribution in [2.45, 2.75) is 6.92 Å². The van der Waals surface area contributed by atoms with Crippen LogP contribution in [0, 0.1) is 6.92 Å². The van der Waals surface area contributed by atoms with Crippen LogP contribution in [0.25, 0.3) is 0 Å². The minimum atomic E-state index is 0.868. The topological polar surface area (TPSA) is 54.7 Å². The van der Waals surface area contributed by atoms with Crippen LogP contribution >= 0.6 is 0 Å². The Balaban J connectivity index is 0.000000145. The third kappa shape index (κ3) is 3.42. The molecule has 0 fully saturated rings. The number of nitrogens with two attached hydrogens (primary N) is 1. The highest BCUT2D eigenvalue weighted by molar-refractivity contribution is 5.44. The highest BCUT2D eigenvalue weighted by Crippen LogP contribution is 2.06. The molecule has 1 aromatic carbocycles. The molecule has 3 N–H and O–H groups in total. The molecule has 0 radical (unpaired) electrons. The van der Waals surface area contributed by atoms with Gasteiger partial charge in [0.05, 0.1) is 6.33 Å². The summed E-state index contributed by atoms with van der Waals surface area (Å²) in [6.07, 6.45) is 5.08. The Morgan fingerprint density at radius 3 is 2.38 bits per heavy atom. The molecule has 3 nitrogen and oxygen atoms in total. The van der Waals surface area contributed by atoms with Crippen molar-refractivity contribution in [3.05, 3.63) is 48.5 Å². The van der Waals surface area contributed by atoms with E-state index in [2.05, 4.69) is 9.97 Å². The van der Waals surface area contributed by atoms with Crippen LogP contribution in [-0.2, 0) is 0 Å². The van der Waals surface area contributed by atoms with Crippen LogP contribution in [0.2, 0.25) is 0 Å². The fourth-order valence-corrected chi connectivity index (χ4v) is 0.802. The second-order valence-corrected chi connectivity index (χ2v) is 2.62. The lowest BCUT2D eigenvalue weighted by Gasteiger charge is -1.93. The lowest BCUT2D eigenvalue weighted by molar-refractivity contribution is 1.31. The quantitative estimate of drug-likeness (QED) is 0.601. The van der Waals surface area contributed by atoms with E-state index < -0.39 is 0 Å². The van der Waals surface area contributed by atoms with Gasteiger partial charge in [-0.05, 0) is 18.6 Å². The smallest absolute Gasteiger partial charge is 0.0919 e. The molecule has 0 saturated carbocycles. The van der Waals surface area contributed by atoms with Gasteiger partial charge in [0.15, 0.2) is 0 Å². The second-order valence-electron chi connectivity index (χ2n) is 2.62. The third-order valence-electron chi connectivity index (χ3n) is 1.59. The highest BCUT2D eigenvalue weighted by atomic mass is 14.8. The van der Waals surface area contributed by atoms with E-state index in [0.717, 1.165) is 11.3 Å². The van der Waals surface area contributed by atoms with Crippen LogP contribution in [-0.4, -0.2) is 9.97 Å². The van der Waals surface area contributed by atoms with E-state index in [9.17, 15) is 0 Å². The van der Waals surface area contributed by atoms with Crippen LogP contribution in [0.4, 0.5) is 5.69 Å². The summed E-state index contributed by atoms with van der Waals surface area (Å²) in [7, 11) is 0. The van der Waals surface area contributed by atoms with Crippen molar-refractivity contribution in [2.24, 2.45) is 0 Å². The summed E-state index contributed by atoms with van der Waals surface area (Å²) in [6.45, 7) is 2.00. The summed E-state index contributed by atoms with van der Waals surface area (Å²) in [5.74, 6) is 0. The van der Waals surface area contributed by atoms with Gasteiger partial charge >= 0.3 is 0 Å². The standard InChI is InChI=1S/C7H9N.C3H4N2/c1-6-4-2-3-5-7(6)8;1-2-5-3-4-1/h2-5H,8H2,1H3;1-3H,(H,4,5). The van der Waals surface area contributed by atoms with Gasteiger partial charge in [0.1, 0.15) is 0 Å². The van der Waals surface area contributed by atoms with Crippen molar-refractivity contribution in [1.29, 1.82) is 0 Å². The maximum atomic E-state index is 5.52. The Labute approximate surface area is 77.6 Å². The van der Waals surface area contributed by atoms with Crippen molar-refractivity contribution in [1.82, 2.24) is 9.97 Å². The average molecular weight is 175 g/mol. The summed E-state index contributed by atoms with van der Waals surface area (Å²) in [6, 6.07) is 7.80. The van der Waals surface area contributed by atoms with Gasteiger partial charge in [-0.2, -0.15) is 0 Å². The number of imidazole rings is 1. The molecule has 0 amide bonds. The fourth-order valence-electron chi connectivity index (χ4n) is 0.802. The lowest BCUT2D eigenvalue weighted by Crippen LogP contribution is -1.85. The van der Waals surface area contributed by atoms with Gasteiger partial charge in [0, 0.05) is 18.1 Å². The Bertz CT molecular complexity index is 289. The van der Waals surface area contributed by atoms with Crippen LogP contribution in [0.5, 0.6) is 0 Å². The number of rotatable bonds is 0. The van der Waals surface area contributed by atoms with E-state index in [0.29, 0.717) is 0 Å². The number of aromatic amines is 1. The first-order valence-corrected chi connectivity index (χ1v) is 4.04. The number of nitrogens with one attached hydrogen (secondary N) is 1. The van der Waals surface area contributed by atoms with E-state index in [1.165, 1.54) is 0 Å². The van der Waals surface area contributed by atoms with E-state index in [4.69, 9.17) is 5.73 Å². The van der Waals surface area contributed by atoms with Gasteiger partial charge in [-0.15, -0.1) is 0 Å². The van der Waals surface area contributed by atoms with Crippen LogP contribution in [0.1, 0.15) is 5.56 Å². The predicted octanol–water partition coefficient (Wildman–Crippen LogP) is 1.99. The number of aryl methyl sites for hydroxylation is 1. The molecule has 1 heterocycles. The number of nitrogen functional groups attached to an aromatic ring is 1. The molecule has 0 aliphatic rings. The zero-order valence-corrected chi connectivity index (χ0v) is 7.57. The van der Waals surface area contributed by atoms with Crippen molar-refractivity contribution < 1.29 is 0 Å². The molecular formula is C10H13N3. The van der Waals surface area contributed by atoms with Crippen LogP contribution < -0.4 is 5.73 Å². The van der Waals surface area contributed by atoms with E-state index in [1.807, 2.05) is 31.2 Å². The first-order valence-electron chi connectivity index (χ1n) is 4.04. The predicted molar refractivity (Wildman–Crippen MR) is 54.2 cm³/mol. The molecule has 0 spiro atoms. The zero-order chi connectivity index (χ0) is 9.52. The SMILES string of the molecule is Cc1ccccc1N.c1c[nH]cn1. The number of benzene rings is 1. The van der Waals surface area contributed by atoms with Gasteiger partial charge in [-0.25, -0.2) is 4.98 Å². The number of hydrogen-bond donors (Lipinski definition) is 2. The third-order valence-corrected chi connectivity index (χ3v) is 1.59. The number of hydrogen-bond acceptors (Lipinski definition) is 2. The summed E-state index contributed by atoms with van der Waals surface area (Å²) < 4.78 is 0. The lowest BCUT2D eigenvalue weighted by atomic mass is 10.2. The van der Waals surface area contributed by atoms with Gasteiger partial charge in [-0.1, -0.05) is 18.2 Å². The molecule has 0 bridgehead atoms. The van der Waals surface area contributed by atoms with Gasteiger partial charge in [0.25, 0.3) is 0 Å². The Morgan fingerprint density at radius 1 is 1.31 bits per heavy atom. The molecule has 0 aliphatic heterocycles. The van der Waals surface area contributed by atoms with E-state index >= 15 is 0 Å². The van der Waals surface area contributed by atoms with E-state index in [1.54, 1.807) is 18.7 Å². The minimum Gasteiger partial charge on any atom is -0.399 e. The molecule has 68 valence electrons. The number of nitrogens with zero attached hydrogens (tertiary/aromatic N) is 1.